The van der Waals surface area contributed by atoms with Crippen LogP contribution in [0.15, 0.2) is 40.7 Å². The van der Waals surface area contributed by atoms with Crippen LogP contribution < -0.4 is 10.1 Å². The Morgan fingerprint density at radius 2 is 2.03 bits per heavy atom. The standard InChI is InChI=1S/C21H22Cl2N2O2S2/c1-2-3-4-5-10-28-21-25-17-8-7-15(12-19(17)29-21)24-20(26)13-27-18-9-6-14(22)11-16(18)23/h6-9,11-12H,2-5,10,13H2,1H3,(H,24,26). The Hall–Kier alpha value is -1.47. The number of benzene rings is 2. The monoisotopic (exact) mass is 468 g/mol. The fourth-order valence-corrected chi connectivity index (χ4v) is 5.30. The van der Waals surface area contributed by atoms with Gasteiger partial charge in [0.1, 0.15) is 5.75 Å². The molecule has 154 valence electrons. The lowest BCUT2D eigenvalue weighted by Crippen LogP contribution is -2.20. The van der Waals surface area contributed by atoms with E-state index in [0.29, 0.717) is 15.8 Å². The zero-order chi connectivity index (χ0) is 20.6. The number of hydrogen-bond acceptors (Lipinski definition) is 5. The number of nitrogens with zero attached hydrogens (tertiary/aromatic N) is 1. The molecular formula is C21H22Cl2N2O2S2. The first-order valence-corrected chi connectivity index (χ1v) is 12.0. The summed E-state index contributed by atoms with van der Waals surface area (Å²) in [5.41, 5.74) is 1.67. The number of rotatable bonds is 10. The number of thioether (sulfide) groups is 1. The number of nitrogens with one attached hydrogen (secondary N) is 1. The van der Waals surface area contributed by atoms with Crippen LogP contribution in [0, 0.1) is 0 Å². The van der Waals surface area contributed by atoms with Gasteiger partial charge in [0.2, 0.25) is 0 Å². The highest BCUT2D eigenvalue weighted by atomic mass is 35.5. The summed E-state index contributed by atoms with van der Waals surface area (Å²) in [5.74, 6) is 1.25. The number of carbonyl (C=O) groups excluding carboxylic acids is 1. The number of hydrogen-bond donors (Lipinski definition) is 1. The number of amides is 1. The summed E-state index contributed by atoms with van der Waals surface area (Å²) in [7, 11) is 0. The molecule has 0 saturated carbocycles. The average molecular weight is 469 g/mol. The third kappa shape index (κ3) is 6.78. The van der Waals surface area contributed by atoms with Crippen LogP contribution in [-0.4, -0.2) is 23.3 Å². The molecule has 0 saturated heterocycles. The number of fused-ring (bicyclic) bond motifs is 1. The molecule has 2 aromatic carbocycles. The molecule has 0 bridgehead atoms. The molecule has 0 aliphatic rings. The van der Waals surface area contributed by atoms with E-state index in [1.165, 1.54) is 25.7 Å². The molecule has 0 aliphatic carbocycles. The van der Waals surface area contributed by atoms with E-state index in [0.717, 1.165) is 26.0 Å². The quantitative estimate of drug-likeness (QED) is 0.250. The normalized spacial score (nSPS) is 11.0. The Morgan fingerprint density at radius 3 is 2.83 bits per heavy atom. The van der Waals surface area contributed by atoms with Crippen molar-refractivity contribution in [2.24, 2.45) is 0 Å². The number of unbranched alkanes of at least 4 members (excludes halogenated alkanes) is 3. The van der Waals surface area contributed by atoms with Gasteiger partial charge in [-0.3, -0.25) is 4.79 Å². The van der Waals surface area contributed by atoms with E-state index in [1.54, 1.807) is 41.3 Å². The van der Waals surface area contributed by atoms with Crippen molar-refractivity contribution in [2.45, 2.75) is 36.9 Å². The van der Waals surface area contributed by atoms with Gasteiger partial charge in [0.15, 0.2) is 10.9 Å². The highest BCUT2D eigenvalue weighted by Crippen LogP contribution is 2.32. The van der Waals surface area contributed by atoms with Crippen LogP contribution in [0.25, 0.3) is 10.2 Å². The lowest BCUT2D eigenvalue weighted by atomic mass is 10.2. The highest BCUT2D eigenvalue weighted by molar-refractivity contribution is 8.01. The zero-order valence-corrected chi connectivity index (χ0v) is 19.2. The minimum absolute atomic E-state index is 0.138. The predicted molar refractivity (Wildman–Crippen MR) is 125 cm³/mol. The summed E-state index contributed by atoms with van der Waals surface area (Å²) in [6.07, 6.45) is 5.02. The average Bonchev–Trinajstić information content (AvgIpc) is 3.09. The molecule has 0 aliphatic heterocycles. The van der Waals surface area contributed by atoms with Crippen molar-refractivity contribution in [3.05, 3.63) is 46.4 Å². The second kappa shape index (κ2) is 11.1. The molecule has 29 heavy (non-hydrogen) atoms. The first-order valence-electron chi connectivity index (χ1n) is 9.46. The van der Waals surface area contributed by atoms with Gasteiger partial charge in [-0.25, -0.2) is 4.98 Å². The van der Waals surface area contributed by atoms with Crippen LogP contribution in [-0.2, 0) is 4.79 Å². The molecule has 0 unspecified atom stereocenters. The molecule has 0 fully saturated rings. The van der Waals surface area contributed by atoms with E-state index < -0.39 is 0 Å². The predicted octanol–water partition coefficient (Wildman–Crippen LogP) is 7.29. The molecule has 3 aromatic rings. The second-order valence-corrected chi connectivity index (χ2v) is 9.70. The Morgan fingerprint density at radius 1 is 1.17 bits per heavy atom. The van der Waals surface area contributed by atoms with Gasteiger partial charge in [0.25, 0.3) is 5.91 Å². The van der Waals surface area contributed by atoms with E-state index in [9.17, 15) is 4.79 Å². The van der Waals surface area contributed by atoms with Crippen LogP contribution in [0.5, 0.6) is 5.75 Å². The molecule has 1 amide bonds. The fourth-order valence-electron chi connectivity index (χ4n) is 2.66. The SMILES string of the molecule is CCCCCCSc1nc2ccc(NC(=O)COc3ccc(Cl)cc3Cl)cc2s1. The van der Waals surface area contributed by atoms with Gasteiger partial charge >= 0.3 is 0 Å². The van der Waals surface area contributed by atoms with Crippen molar-refractivity contribution in [3.8, 4) is 5.75 Å². The topological polar surface area (TPSA) is 51.2 Å². The number of halogens is 2. The number of anilines is 1. The molecule has 1 heterocycles. The third-order valence-electron chi connectivity index (χ3n) is 4.13. The Bertz CT molecular complexity index is 978. The summed E-state index contributed by atoms with van der Waals surface area (Å²) in [4.78, 5) is 16.9. The van der Waals surface area contributed by atoms with Crippen LogP contribution in [0.3, 0.4) is 0 Å². The van der Waals surface area contributed by atoms with Crippen molar-refractivity contribution in [1.82, 2.24) is 4.98 Å². The maximum Gasteiger partial charge on any atom is 0.262 e. The summed E-state index contributed by atoms with van der Waals surface area (Å²) >= 11 is 15.4. The number of ether oxygens (including phenoxy) is 1. The van der Waals surface area contributed by atoms with Crippen molar-refractivity contribution in [1.29, 1.82) is 0 Å². The Kier molecular flexibility index (Phi) is 8.48. The van der Waals surface area contributed by atoms with Crippen LogP contribution >= 0.6 is 46.3 Å². The minimum Gasteiger partial charge on any atom is -0.482 e. The third-order valence-corrected chi connectivity index (χ3v) is 6.91. The largest absolute Gasteiger partial charge is 0.482 e. The summed E-state index contributed by atoms with van der Waals surface area (Å²) < 4.78 is 7.60. The summed E-state index contributed by atoms with van der Waals surface area (Å²) in [6.45, 7) is 2.08. The zero-order valence-electron chi connectivity index (χ0n) is 16.0. The first-order chi connectivity index (χ1) is 14.0. The van der Waals surface area contributed by atoms with Crippen molar-refractivity contribution in [3.63, 3.8) is 0 Å². The number of aromatic nitrogens is 1. The molecule has 3 rings (SSSR count). The molecule has 1 aromatic heterocycles. The van der Waals surface area contributed by atoms with Crippen molar-refractivity contribution in [2.75, 3.05) is 17.7 Å². The molecule has 0 atom stereocenters. The van der Waals surface area contributed by atoms with Gasteiger partial charge in [0, 0.05) is 16.5 Å². The van der Waals surface area contributed by atoms with E-state index in [2.05, 4.69) is 17.2 Å². The minimum atomic E-state index is -0.259. The smallest absolute Gasteiger partial charge is 0.262 e. The fraction of sp³-hybridized carbons (Fsp3) is 0.333. The highest BCUT2D eigenvalue weighted by Gasteiger charge is 2.09. The van der Waals surface area contributed by atoms with E-state index in [4.69, 9.17) is 27.9 Å². The Balaban J connectivity index is 1.53. The maximum atomic E-state index is 12.2. The van der Waals surface area contributed by atoms with E-state index >= 15 is 0 Å². The maximum absolute atomic E-state index is 12.2. The van der Waals surface area contributed by atoms with Crippen LogP contribution in [0.2, 0.25) is 10.0 Å². The summed E-state index contributed by atoms with van der Waals surface area (Å²) in [6, 6.07) is 10.6. The molecule has 0 spiro atoms. The molecule has 0 radical (unpaired) electrons. The number of carbonyl (C=O) groups is 1. The number of thiazole rings is 1. The van der Waals surface area contributed by atoms with Crippen molar-refractivity contribution < 1.29 is 9.53 Å². The van der Waals surface area contributed by atoms with E-state index in [1.807, 2.05) is 18.2 Å². The molecule has 8 heteroatoms. The lowest BCUT2D eigenvalue weighted by molar-refractivity contribution is -0.118. The van der Waals surface area contributed by atoms with Crippen LogP contribution in [0.1, 0.15) is 32.6 Å². The molecule has 1 N–H and O–H groups in total. The van der Waals surface area contributed by atoms with Gasteiger partial charge < -0.3 is 10.1 Å². The summed E-state index contributed by atoms with van der Waals surface area (Å²) in [5, 5.41) is 3.74. The molecular weight excluding hydrogens is 447 g/mol. The second-order valence-electron chi connectivity index (χ2n) is 6.48. The van der Waals surface area contributed by atoms with Gasteiger partial charge in [0.05, 0.1) is 15.2 Å². The van der Waals surface area contributed by atoms with Gasteiger partial charge in [-0.1, -0.05) is 61.1 Å². The Labute approximate surface area is 189 Å². The van der Waals surface area contributed by atoms with Gasteiger partial charge in [-0.15, -0.1) is 11.3 Å². The van der Waals surface area contributed by atoms with Crippen LogP contribution in [0.4, 0.5) is 5.69 Å². The van der Waals surface area contributed by atoms with E-state index in [-0.39, 0.29) is 12.5 Å². The molecule has 4 nitrogen and oxygen atoms in total. The van der Waals surface area contributed by atoms with Gasteiger partial charge in [-0.2, -0.15) is 0 Å². The van der Waals surface area contributed by atoms with Crippen molar-refractivity contribution >= 4 is 68.1 Å². The van der Waals surface area contributed by atoms with Gasteiger partial charge in [-0.05, 0) is 42.8 Å². The lowest BCUT2D eigenvalue weighted by Gasteiger charge is -2.09. The first kappa shape index (κ1) is 22.2.